The first-order chi connectivity index (χ1) is 11.4. The van der Waals surface area contributed by atoms with Crippen molar-refractivity contribution in [2.45, 2.75) is 31.3 Å². The van der Waals surface area contributed by atoms with Crippen LogP contribution in [0.15, 0.2) is 18.2 Å². The number of amides is 1. The molecular formula is C18H27FN2O3. The lowest BCUT2D eigenvalue weighted by Crippen LogP contribution is -2.50. The molecule has 0 spiro atoms. The number of methoxy groups -OCH3 is 2. The van der Waals surface area contributed by atoms with E-state index in [1.165, 1.54) is 6.07 Å². The molecule has 1 saturated heterocycles. The highest BCUT2D eigenvalue weighted by Gasteiger charge is 2.43. The van der Waals surface area contributed by atoms with E-state index in [0.717, 1.165) is 19.4 Å². The van der Waals surface area contributed by atoms with Crippen molar-refractivity contribution in [3.05, 3.63) is 29.6 Å². The van der Waals surface area contributed by atoms with Gasteiger partial charge in [-0.15, -0.1) is 0 Å². The molecule has 0 bridgehead atoms. The number of rotatable bonds is 7. The third kappa shape index (κ3) is 4.05. The number of nitrogens with zero attached hydrogens (tertiary/aromatic N) is 2. The van der Waals surface area contributed by atoms with Gasteiger partial charge >= 0.3 is 0 Å². The number of halogens is 1. The number of carbonyl (C=O) groups is 1. The fraction of sp³-hybridized carbons (Fsp3) is 0.611. The first-order valence-electron chi connectivity index (χ1n) is 8.18. The van der Waals surface area contributed by atoms with Gasteiger partial charge in [0.05, 0.1) is 19.3 Å². The molecular weight excluding hydrogens is 311 g/mol. The molecule has 134 valence electrons. The zero-order valence-corrected chi connectivity index (χ0v) is 15.0. The van der Waals surface area contributed by atoms with Crippen molar-refractivity contribution >= 4 is 5.91 Å². The van der Waals surface area contributed by atoms with Gasteiger partial charge in [0.15, 0.2) is 0 Å². The summed E-state index contributed by atoms with van der Waals surface area (Å²) in [4.78, 5) is 16.1. The molecule has 1 amide bonds. The summed E-state index contributed by atoms with van der Waals surface area (Å²) in [6.07, 6.45) is 2.21. The van der Waals surface area contributed by atoms with E-state index in [1.807, 2.05) is 0 Å². The van der Waals surface area contributed by atoms with Crippen LogP contribution in [0.2, 0.25) is 0 Å². The van der Waals surface area contributed by atoms with Crippen LogP contribution in [0.5, 0.6) is 5.75 Å². The van der Waals surface area contributed by atoms with E-state index in [4.69, 9.17) is 9.47 Å². The van der Waals surface area contributed by atoms with Crippen molar-refractivity contribution in [2.75, 3.05) is 41.5 Å². The smallest absolute Gasteiger partial charge is 0.224 e. The Morgan fingerprint density at radius 3 is 2.75 bits per heavy atom. The Bertz CT molecular complexity index is 579. The summed E-state index contributed by atoms with van der Waals surface area (Å²) in [5.74, 6) is 0.435. The van der Waals surface area contributed by atoms with Crippen LogP contribution in [0.25, 0.3) is 0 Å². The molecule has 1 aromatic carbocycles. The van der Waals surface area contributed by atoms with E-state index in [1.54, 1.807) is 45.3 Å². The maximum atomic E-state index is 14.2. The zero-order chi connectivity index (χ0) is 17.7. The van der Waals surface area contributed by atoms with Gasteiger partial charge in [0, 0.05) is 39.7 Å². The Hall–Kier alpha value is -1.66. The number of benzene rings is 1. The van der Waals surface area contributed by atoms with Gasteiger partial charge in [0.2, 0.25) is 5.91 Å². The van der Waals surface area contributed by atoms with Crippen LogP contribution in [-0.4, -0.2) is 62.7 Å². The van der Waals surface area contributed by atoms with E-state index >= 15 is 0 Å². The van der Waals surface area contributed by atoms with Crippen LogP contribution in [-0.2, 0) is 16.1 Å². The number of likely N-dealkylation sites (tertiary alicyclic amines) is 1. The van der Waals surface area contributed by atoms with Gasteiger partial charge in [-0.1, -0.05) is 0 Å². The average molecular weight is 338 g/mol. The van der Waals surface area contributed by atoms with E-state index < -0.39 is 0 Å². The molecule has 2 rings (SSSR count). The second kappa shape index (κ2) is 7.94. The summed E-state index contributed by atoms with van der Waals surface area (Å²) < 4.78 is 24.8. The van der Waals surface area contributed by atoms with Gasteiger partial charge in [-0.25, -0.2) is 4.39 Å². The van der Waals surface area contributed by atoms with Crippen molar-refractivity contribution in [3.63, 3.8) is 0 Å². The van der Waals surface area contributed by atoms with Gasteiger partial charge in [-0.2, -0.15) is 0 Å². The lowest BCUT2D eigenvalue weighted by atomic mass is 9.91. The second-order valence-corrected chi connectivity index (χ2v) is 6.60. The second-order valence-electron chi connectivity index (χ2n) is 6.60. The third-order valence-corrected chi connectivity index (χ3v) is 4.75. The molecule has 1 aromatic rings. The normalized spacial score (nSPS) is 21.0. The highest BCUT2D eigenvalue weighted by molar-refractivity contribution is 5.77. The predicted molar refractivity (Wildman–Crippen MR) is 90.5 cm³/mol. The number of carbonyl (C=O) groups excluding carboxylic acids is 1. The number of ether oxygens (including phenoxy) is 2. The molecule has 1 atom stereocenters. The van der Waals surface area contributed by atoms with Gasteiger partial charge in [-0.05, 0) is 37.6 Å². The van der Waals surface area contributed by atoms with Gasteiger partial charge < -0.3 is 14.4 Å². The average Bonchev–Trinajstić information content (AvgIpc) is 2.92. The quantitative estimate of drug-likeness (QED) is 0.765. The molecule has 1 aliphatic heterocycles. The Labute approximate surface area is 143 Å². The minimum atomic E-state index is -0.383. The Kier molecular flexibility index (Phi) is 6.18. The molecule has 1 aliphatic rings. The molecule has 1 fully saturated rings. The van der Waals surface area contributed by atoms with Crippen LogP contribution in [0.3, 0.4) is 0 Å². The summed E-state index contributed by atoms with van der Waals surface area (Å²) in [5.41, 5.74) is 0.194. The fourth-order valence-electron chi connectivity index (χ4n) is 3.37. The van der Waals surface area contributed by atoms with Crippen molar-refractivity contribution in [2.24, 2.45) is 0 Å². The molecule has 24 heavy (non-hydrogen) atoms. The molecule has 6 heteroatoms. The molecule has 0 N–H and O–H groups in total. The van der Waals surface area contributed by atoms with Gasteiger partial charge in [0.25, 0.3) is 0 Å². The van der Waals surface area contributed by atoms with E-state index in [2.05, 4.69) is 4.90 Å². The van der Waals surface area contributed by atoms with Crippen LogP contribution >= 0.6 is 0 Å². The van der Waals surface area contributed by atoms with Crippen LogP contribution in [0.1, 0.15) is 24.8 Å². The predicted octanol–water partition coefficient (Wildman–Crippen LogP) is 2.29. The van der Waals surface area contributed by atoms with Crippen molar-refractivity contribution in [3.8, 4) is 5.75 Å². The van der Waals surface area contributed by atoms with Gasteiger partial charge in [-0.3, -0.25) is 9.69 Å². The molecule has 0 radical (unpaired) electrons. The first-order valence-corrected chi connectivity index (χ1v) is 8.18. The first kappa shape index (κ1) is 18.7. The fourth-order valence-corrected chi connectivity index (χ4v) is 3.37. The van der Waals surface area contributed by atoms with Crippen LogP contribution in [0.4, 0.5) is 4.39 Å². The lowest BCUT2D eigenvalue weighted by Gasteiger charge is -2.38. The largest absolute Gasteiger partial charge is 0.497 e. The molecule has 0 saturated carbocycles. The van der Waals surface area contributed by atoms with Crippen molar-refractivity contribution in [1.29, 1.82) is 0 Å². The van der Waals surface area contributed by atoms with E-state index in [9.17, 15) is 9.18 Å². The van der Waals surface area contributed by atoms with E-state index in [-0.39, 0.29) is 17.3 Å². The van der Waals surface area contributed by atoms with Crippen molar-refractivity contribution < 1.29 is 18.7 Å². The Morgan fingerprint density at radius 2 is 2.12 bits per heavy atom. The molecule has 0 unspecified atom stereocenters. The third-order valence-electron chi connectivity index (χ3n) is 4.75. The van der Waals surface area contributed by atoms with Crippen LogP contribution in [0, 0.1) is 5.82 Å². The lowest BCUT2D eigenvalue weighted by molar-refractivity contribution is -0.132. The zero-order valence-electron chi connectivity index (χ0n) is 15.0. The molecule has 0 aromatic heterocycles. The molecule has 1 heterocycles. The SMILES string of the molecule is COC[C@@]1(CC(=O)N(C)C)CCCN1Cc1cc(OC)ccc1F. The highest BCUT2D eigenvalue weighted by Crippen LogP contribution is 2.35. The number of hydrogen-bond acceptors (Lipinski definition) is 4. The summed E-state index contributed by atoms with van der Waals surface area (Å²) in [5, 5.41) is 0. The summed E-state index contributed by atoms with van der Waals surface area (Å²) >= 11 is 0. The summed E-state index contributed by atoms with van der Waals surface area (Å²) in [7, 11) is 6.72. The number of hydrogen-bond donors (Lipinski definition) is 0. The molecule has 0 aliphatic carbocycles. The maximum absolute atomic E-state index is 14.2. The van der Waals surface area contributed by atoms with Gasteiger partial charge in [0.1, 0.15) is 11.6 Å². The monoisotopic (exact) mass is 338 g/mol. The summed E-state index contributed by atoms with van der Waals surface area (Å²) in [6.45, 7) is 1.71. The maximum Gasteiger partial charge on any atom is 0.224 e. The minimum Gasteiger partial charge on any atom is -0.497 e. The van der Waals surface area contributed by atoms with Crippen molar-refractivity contribution in [1.82, 2.24) is 9.80 Å². The van der Waals surface area contributed by atoms with Crippen LogP contribution < -0.4 is 4.74 Å². The highest BCUT2D eigenvalue weighted by atomic mass is 19.1. The van der Waals surface area contributed by atoms with E-state index in [0.29, 0.717) is 30.9 Å². The Balaban J connectivity index is 2.24. The summed E-state index contributed by atoms with van der Waals surface area (Å²) in [6, 6.07) is 4.76. The minimum absolute atomic E-state index is 0.0602. The molecule has 5 nitrogen and oxygen atoms in total. The topological polar surface area (TPSA) is 42.0 Å². The standard InChI is InChI=1S/C18H27FN2O3/c1-20(2)17(22)11-18(13-23-3)8-5-9-21(18)12-14-10-15(24-4)6-7-16(14)19/h6-7,10H,5,8-9,11-13H2,1-4H3/t18-/m0/s1. The Morgan fingerprint density at radius 1 is 1.38 bits per heavy atom.